The topological polar surface area (TPSA) is 81.8 Å². The molecule has 2 aromatic heterocycles. The second kappa shape index (κ2) is 5.52. The molecule has 0 fully saturated rings. The van der Waals surface area contributed by atoms with Crippen LogP contribution >= 0.6 is 11.3 Å². The number of nitrogens with zero attached hydrogens (tertiary/aromatic N) is 3. The second-order valence-electron chi connectivity index (χ2n) is 5.94. The fourth-order valence-corrected chi connectivity index (χ4v) is 2.68. The van der Waals surface area contributed by atoms with Crippen molar-refractivity contribution in [2.24, 2.45) is 11.7 Å². The number of nitrogens with two attached hydrogens (primary N) is 1. The Balaban J connectivity index is 2.49. The Bertz CT molecular complexity index is 676. The van der Waals surface area contributed by atoms with E-state index in [-0.39, 0.29) is 5.41 Å². The normalized spacial score (nSPS) is 11.9. The minimum absolute atomic E-state index is 0.124. The molecule has 2 rings (SSSR count). The van der Waals surface area contributed by atoms with E-state index in [4.69, 9.17) is 5.73 Å². The number of amides is 1. The van der Waals surface area contributed by atoms with Crippen LogP contribution in [0.4, 0.5) is 0 Å². The van der Waals surface area contributed by atoms with E-state index in [0.717, 1.165) is 22.1 Å². The van der Waals surface area contributed by atoms with E-state index in [2.05, 4.69) is 42.6 Å². The smallest absolute Gasteiger partial charge is 0.277 e. The Hall–Kier alpha value is -1.82. The number of primary amides is 1. The summed E-state index contributed by atoms with van der Waals surface area (Å²) >= 11 is 1.27. The summed E-state index contributed by atoms with van der Waals surface area (Å²) in [4.78, 5) is 25.4. The van der Waals surface area contributed by atoms with E-state index in [9.17, 15) is 4.79 Å². The van der Waals surface area contributed by atoms with Gasteiger partial charge in [-0.1, -0.05) is 27.7 Å². The van der Waals surface area contributed by atoms with Crippen LogP contribution in [-0.2, 0) is 5.41 Å². The van der Waals surface area contributed by atoms with Gasteiger partial charge < -0.3 is 5.73 Å². The van der Waals surface area contributed by atoms with Crippen LogP contribution in [0.3, 0.4) is 0 Å². The van der Waals surface area contributed by atoms with Crippen molar-refractivity contribution in [3.05, 3.63) is 28.8 Å². The highest BCUT2D eigenvalue weighted by atomic mass is 32.1. The molecule has 1 amide bonds. The molecule has 0 aliphatic carbocycles. The molecular weight excluding hydrogens is 284 g/mol. The maximum absolute atomic E-state index is 11.3. The molecule has 0 aliphatic heterocycles. The van der Waals surface area contributed by atoms with Crippen molar-refractivity contribution < 1.29 is 4.79 Å². The molecular formula is C15H20N4OS. The molecule has 0 spiro atoms. The van der Waals surface area contributed by atoms with Gasteiger partial charge in [-0.05, 0) is 18.9 Å². The SMILES string of the molecule is Cc1nc(C(N)=O)sc1-c1ccnc(C(C)(C)C(C)C)n1. The number of thiazole rings is 1. The number of hydrogen-bond donors (Lipinski definition) is 1. The van der Waals surface area contributed by atoms with Crippen molar-refractivity contribution >= 4 is 17.2 Å². The van der Waals surface area contributed by atoms with Crippen molar-refractivity contribution in [3.8, 4) is 10.6 Å². The number of rotatable bonds is 4. The maximum Gasteiger partial charge on any atom is 0.277 e. The summed E-state index contributed by atoms with van der Waals surface area (Å²) in [7, 11) is 0. The van der Waals surface area contributed by atoms with Crippen molar-refractivity contribution in [2.45, 2.75) is 40.0 Å². The number of aromatic nitrogens is 3. The molecule has 112 valence electrons. The number of hydrogen-bond acceptors (Lipinski definition) is 5. The first-order valence-corrected chi connectivity index (χ1v) is 7.66. The lowest BCUT2D eigenvalue weighted by atomic mass is 9.80. The quantitative estimate of drug-likeness (QED) is 0.941. The van der Waals surface area contributed by atoms with Crippen molar-refractivity contribution in [1.29, 1.82) is 0 Å². The predicted octanol–water partition coefficient (Wildman–Crippen LogP) is 2.94. The molecule has 2 heterocycles. The minimum atomic E-state index is -0.508. The van der Waals surface area contributed by atoms with Crippen LogP contribution in [0.25, 0.3) is 10.6 Å². The third-order valence-corrected chi connectivity index (χ3v) is 5.11. The number of aryl methyl sites for hydroxylation is 1. The average Bonchev–Trinajstić information content (AvgIpc) is 2.81. The van der Waals surface area contributed by atoms with Crippen LogP contribution in [-0.4, -0.2) is 20.9 Å². The summed E-state index contributed by atoms with van der Waals surface area (Å²) < 4.78 is 0. The van der Waals surface area contributed by atoms with E-state index in [1.54, 1.807) is 6.20 Å². The van der Waals surface area contributed by atoms with E-state index in [0.29, 0.717) is 10.9 Å². The summed E-state index contributed by atoms with van der Waals surface area (Å²) in [5, 5.41) is 0.311. The Morgan fingerprint density at radius 2 is 2.00 bits per heavy atom. The molecule has 0 unspecified atom stereocenters. The highest BCUT2D eigenvalue weighted by Gasteiger charge is 2.28. The van der Waals surface area contributed by atoms with E-state index in [1.807, 2.05) is 13.0 Å². The number of carbonyl (C=O) groups excluding carboxylic acids is 1. The first-order valence-electron chi connectivity index (χ1n) is 6.84. The number of carbonyl (C=O) groups is 1. The van der Waals surface area contributed by atoms with Crippen LogP contribution in [0.1, 0.15) is 49.0 Å². The van der Waals surface area contributed by atoms with Gasteiger partial charge in [0.25, 0.3) is 5.91 Å². The van der Waals surface area contributed by atoms with E-state index >= 15 is 0 Å². The van der Waals surface area contributed by atoms with Gasteiger partial charge in [0.2, 0.25) is 0 Å². The van der Waals surface area contributed by atoms with Crippen LogP contribution in [0, 0.1) is 12.8 Å². The average molecular weight is 304 g/mol. The molecule has 0 bridgehead atoms. The highest BCUT2D eigenvalue weighted by Crippen LogP contribution is 2.32. The molecule has 0 atom stereocenters. The van der Waals surface area contributed by atoms with Crippen molar-refractivity contribution in [3.63, 3.8) is 0 Å². The third-order valence-electron chi connectivity index (χ3n) is 3.92. The van der Waals surface area contributed by atoms with Gasteiger partial charge in [-0.15, -0.1) is 11.3 Å². The Morgan fingerprint density at radius 1 is 1.33 bits per heavy atom. The second-order valence-corrected chi connectivity index (χ2v) is 6.94. The molecule has 2 N–H and O–H groups in total. The van der Waals surface area contributed by atoms with Crippen LogP contribution < -0.4 is 5.73 Å². The summed E-state index contributed by atoms with van der Waals surface area (Å²) in [6.45, 7) is 10.4. The minimum Gasteiger partial charge on any atom is -0.364 e. The third kappa shape index (κ3) is 2.95. The van der Waals surface area contributed by atoms with Gasteiger partial charge in [0.15, 0.2) is 5.01 Å². The molecule has 5 nitrogen and oxygen atoms in total. The molecule has 0 aliphatic rings. The van der Waals surface area contributed by atoms with Crippen molar-refractivity contribution in [2.75, 3.05) is 0 Å². The zero-order valence-electron chi connectivity index (χ0n) is 13.0. The Labute approximate surface area is 128 Å². The van der Waals surface area contributed by atoms with Crippen LogP contribution in [0.15, 0.2) is 12.3 Å². The van der Waals surface area contributed by atoms with Gasteiger partial charge in [0, 0.05) is 11.6 Å². The molecule has 0 saturated carbocycles. The predicted molar refractivity (Wildman–Crippen MR) is 84.3 cm³/mol. The molecule has 2 aromatic rings. The standard InChI is InChI=1S/C15H20N4OS/c1-8(2)15(4,5)14-17-7-6-10(19-14)11-9(3)18-13(21-11)12(16)20/h6-8H,1-5H3,(H2,16,20). The molecule has 0 saturated heterocycles. The zero-order valence-corrected chi connectivity index (χ0v) is 13.8. The van der Waals surface area contributed by atoms with Crippen molar-refractivity contribution in [1.82, 2.24) is 15.0 Å². The summed E-state index contributed by atoms with van der Waals surface area (Å²) in [6.07, 6.45) is 1.75. The lowest BCUT2D eigenvalue weighted by Crippen LogP contribution is -2.27. The van der Waals surface area contributed by atoms with Gasteiger partial charge in [0.05, 0.1) is 16.3 Å². The fourth-order valence-electron chi connectivity index (χ4n) is 1.79. The molecule has 0 radical (unpaired) electrons. The zero-order chi connectivity index (χ0) is 15.8. The van der Waals surface area contributed by atoms with Gasteiger partial charge in [-0.25, -0.2) is 15.0 Å². The summed E-state index contributed by atoms with van der Waals surface area (Å²) in [6, 6.07) is 1.84. The Kier molecular flexibility index (Phi) is 4.09. The van der Waals surface area contributed by atoms with Gasteiger partial charge in [-0.2, -0.15) is 0 Å². The first kappa shape index (κ1) is 15.6. The van der Waals surface area contributed by atoms with E-state index in [1.165, 1.54) is 11.3 Å². The molecule has 6 heteroatoms. The lowest BCUT2D eigenvalue weighted by molar-refractivity contribution is 0.1000. The van der Waals surface area contributed by atoms with Gasteiger partial charge >= 0.3 is 0 Å². The van der Waals surface area contributed by atoms with Crippen LogP contribution in [0.2, 0.25) is 0 Å². The molecule has 0 aromatic carbocycles. The fraction of sp³-hybridized carbons (Fsp3) is 0.467. The van der Waals surface area contributed by atoms with Gasteiger partial charge in [0.1, 0.15) is 5.82 Å². The summed E-state index contributed by atoms with van der Waals surface area (Å²) in [5.41, 5.74) is 6.72. The molecule has 21 heavy (non-hydrogen) atoms. The van der Waals surface area contributed by atoms with E-state index < -0.39 is 5.91 Å². The largest absolute Gasteiger partial charge is 0.364 e. The lowest BCUT2D eigenvalue weighted by Gasteiger charge is -2.27. The van der Waals surface area contributed by atoms with Gasteiger partial charge in [-0.3, -0.25) is 4.79 Å². The Morgan fingerprint density at radius 3 is 2.52 bits per heavy atom. The highest BCUT2D eigenvalue weighted by molar-refractivity contribution is 7.17. The van der Waals surface area contributed by atoms with Crippen LogP contribution in [0.5, 0.6) is 0 Å². The summed E-state index contributed by atoms with van der Waals surface area (Å²) in [5.74, 6) is 0.700. The maximum atomic E-state index is 11.3. The monoisotopic (exact) mass is 304 g/mol. The first-order chi connectivity index (χ1) is 9.73.